The maximum absolute atomic E-state index is 6.18. The maximum atomic E-state index is 6.18. The summed E-state index contributed by atoms with van der Waals surface area (Å²) < 4.78 is 0. The molecular weight excluding hydrogens is 352 g/mol. The quantitative estimate of drug-likeness (QED) is 0.344. The molecular formula is C24H15ClN2. The molecule has 3 heteroatoms. The highest BCUT2D eigenvalue weighted by Gasteiger charge is 2.13. The van der Waals surface area contributed by atoms with Crippen LogP contribution in [0.1, 0.15) is 0 Å². The van der Waals surface area contributed by atoms with E-state index in [1.807, 2.05) is 36.4 Å². The Labute approximate surface area is 162 Å². The van der Waals surface area contributed by atoms with Gasteiger partial charge in [-0.15, -0.1) is 0 Å². The summed E-state index contributed by atoms with van der Waals surface area (Å²) in [4.78, 5) is 9.86. The first-order valence-corrected chi connectivity index (χ1v) is 9.18. The molecule has 27 heavy (non-hydrogen) atoms. The van der Waals surface area contributed by atoms with E-state index in [-0.39, 0.29) is 0 Å². The Morgan fingerprint density at radius 1 is 0.519 bits per heavy atom. The SMILES string of the molecule is Clc1ccc2nc(-c3ccccc3)c(-c3ccc4ccccc4c3)nc2c1. The van der Waals surface area contributed by atoms with Gasteiger partial charge in [-0.2, -0.15) is 0 Å². The molecule has 0 atom stereocenters. The van der Waals surface area contributed by atoms with Crippen molar-refractivity contribution in [3.05, 3.63) is 96.0 Å². The molecule has 0 aliphatic rings. The standard InChI is InChI=1S/C24H15ClN2/c25-20-12-13-21-22(15-20)27-24(23(26-21)17-7-2-1-3-8-17)19-11-10-16-6-4-5-9-18(16)14-19/h1-15H. The fourth-order valence-electron chi connectivity index (χ4n) is 3.36. The van der Waals surface area contributed by atoms with E-state index in [1.54, 1.807) is 0 Å². The Morgan fingerprint density at radius 2 is 1.22 bits per heavy atom. The van der Waals surface area contributed by atoms with Crippen molar-refractivity contribution in [2.45, 2.75) is 0 Å². The molecule has 0 radical (unpaired) electrons. The third kappa shape index (κ3) is 2.94. The van der Waals surface area contributed by atoms with Crippen molar-refractivity contribution in [3.63, 3.8) is 0 Å². The molecule has 0 aliphatic carbocycles. The zero-order valence-corrected chi connectivity index (χ0v) is 15.2. The molecule has 128 valence electrons. The van der Waals surface area contributed by atoms with Gasteiger partial charge in [0.25, 0.3) is 0 Å². The van der Waals surface area contributed by atoms with Gasteiger partial charge in [0.05, 0.1) is 22.4 Å². The van der Waals surface area contributed by atoms with Crippen molar-refractivity contribution in [1.82, 2.24) is 9.97 Å². The lowest BCUT2D eigenvalue weighted by molar-refractivity contribution is 1.29. The number of nitrogens with zero attached hydrogens (tertiary/aromatic N) is 2. The lowest BCUT2D eigenvalue weighted by atomic mass is 10.0. The van der Waals surface area contributed by atoms with Crippen LogP contribution in [0.15, 0.2) is 91.0 Å². The van der Waals surface area contributed by atoms with Crippen LogP contribution >= 0.6 is 11.6 Å². The number of fused-ring (bicyclic) bond motifs is 2. The van der Waals surface area contributed by atoms with Crippen molar-refractivity contribution in [2.24, 2.45) is 0 Å². The smallest absolute Gasteiger partial charge is 0.0973 e. The molecule has 0 saturated carbocycles. The van der Waals surface area contributed by atoms with E-state index >= 15 is 0 Å². The van der Waals surface area contributed by atoms with Gasteiger partial charge in [0.15, 0.2) is 0 Å². The highest BCUT2D eigenvalue weighted by atomic mass is 35.5. The number of hydrogen-bond donors (Lipinski definition) is 0. The van der Waals surface area contributed by atoms with Crippen LogP contribution in [0.4, 0.5) is 0 Å². The lowest BCUT2D eigenvalue weighted by Crippen LogP contribution is -1.95. The van der Waals surface area contributed by atoms with Gasteiger partial charge in [-0.1, -0.05) is 78.3 Å². The zero-order valence-electron chi connectivity index (χ0n) is 14.4. The number of aromatic nitrogens is 2. The number of rotatable bonds is 2. The summed E-state index contributed by atoms with van der Waals surface area (Å²) in [6, 6.07) is 30.6. The average molecular weight is 367 g/mol. The van der Waals surface area contributed by atoms with E-state index in [9.17, 15) is 0 Å². The second kappa shape index (κ2) is 6.49. The van der Waals surface area contributed by atoms with E-state index in [2.05, 4.69) is 54.6 Å². The Hall–Kier alpha value is -3.23. The predicted molar refractivity (Wildman–Crippen MR) is 113 cm³/mol. The minimum Gasteiger partial charge on any atom is -0.244 e. The summed E-state index contributed by atoms with van der Waals surface area (Å²) in [7, 11) is 0. The lowest BCUT2D eigenvalue weighted by Gasteiger charge is -2.11. The summed E-state index contributed by atoms with van der Waals surface area (Å²) in [6.07, 6.45) is 0. The van der Waals surface area contributed by atoms with Crippen LogP contribution in [0.2, 0.25) is 5.02 Å². The molecule has 5 rings (SSSR count). The maximum Gasteiger partial charge on any atom is 0.0973 e. The molecule has 2 nitrogen and oxygen atoms in total. The third-order valence-corrected chi connectivity index (χ3v) is 4.93. The zero-order chi connectivity index (χ0) is 18.2. The van der Waals surface area contributed by atoms with Gasteiger partial charge in [-0.3, -0.25) is 0 Å². The first-order valence-electron chi connectivity index (χ1n) is 8.80. The molecule has 0 N–H and O–H groups in total. The Kier molecular flexibility index (Phi) is 3.84. The number of halogens is 1. The van der Waals surface area contributed by atoms with Crippen LogP contribution in [0.3, 0.4) is 0 Å². The van der Waals surface area contributed by atoms with Gasteiger partial charge in [0.2, 0.25) is 0 Å². The normalized spacial score (nSPS) is 11.1. The first-order chi connectivity index (χ1) is 13.3. The second-order valence-electron chi connectivity index (χ2n) is 6.48. The Balaban J connectivity index is 1.82. The topological polar surface area (TPSA) is 25.8 Å². The summed E-state index contributed by atoms with van der Waals surface area (Å²) >= 11 is 6.18. The van der Waals surface area contributed by atoms with E-state index < -0.39 is 0 Å². The van der Waals surface area contributed by atoms with Crippen molar-refractivity contribution < 1.29 is 0 Å². The Bertz CT molecular complexity index is 1280. The van der Waals surface area contributed by atoms with Crippen LogP contribution in [-0.2, 0) is 0 Å². The highest BCUT2D eigenvalue weighted by molar-refractivity contribution is 6.31. The van der Waals surface area contributed by atoms with Crippen LogP contribution in [0, 0.1) is 0 Å². The largest absolute Gasteiger partial charge is 0.244 e. The van der Waals surface area contributed by atoms with E-state index in [4.69, 9.17) is 21.6 Å². The predicted octanol–water partition coefficient (Wildman–Crippen LogP) is 6.77. The summed E-state index contributed by atoms with van der Waals surface area (Å²) in [6.45, 7) is 0. The van der Waals surface area contributed by atoms with Crippen molar-refractivity contribution in [1.29, 1.82) is 0 Å². The molecule has 0 fully saturated rings. The molecule has 0 aliphatic heterocycles. The monoisotopic (exact) mass is 366 g/mol. The minimum absolute atomic E-state index is 0.661. The van der Waals surface area contributed by atoms with Crippen LogP contribution in [0.5, 0.6) is 0 Å². The fourth-order valence-corrected chi connectivity index (χ4v) is 3.53. The molecule has 0 bridgehead atoms. The summed E-state index contributed by atoms with van der Waals surface area (Å²) in [5.74, 6) is 0. The van der Waals surface area contributed by atoms with Crippen LogP contribution in [0.25, 0.3) is 44.3 Å². The first kappa shape index (κ1) is 16.0. The molecule has 4 aromatic carbocycles. The van der Waals surface area contributed by atoms with Crippen molar-refractivity contribution in [3.8, 4) is 22.5 Å². The van der Waals surface area contributed by atoms with Gasteiger partial charge in [0, 0.05) is 16.1 Å². The number of hydrogen-bond acceptors (Lipinski definition) is 2. The van der Waals surface area contributed by atoms with E-state index in [0.29, 0.717) is 5.02 Å². The molecule has 0 unspecified atom stereocenters. The second-order valence-corrected chi connectivity index (χ2v) is 6.92. The molecule has 0 saturated heterocycles. The average Bonchev–Trinajstić information content (AvgIpc) is 2.73. The van der Waals surface area contributed by atoms with E-state index in [1.165, 1.54) is 10.8 Å². The van der Waals surface area contributed by atoms with Gasteiger partial charge < -0.3 is 0 Å². The third-order valence-electron chi connectivity index (χ3n) is 4.70. The van der Waals surface area contributed by atoms with Gasteiger partial charge in [-0.25, -0.2) is 9.97 Å². The van der Waals surface area contributed by atoms with Crippen molar-refractivity contribution >= 4 is 33.4 Å². The van der Waals surface area contributed by atoms with Gasteiger partial charge in [0.1, 0.15) is 0 Å². The molecule has 1 heterocycles. The fraction of sp³-hybridized carbons (Fsp3) is 0. The molecule has 0 spiro atoms. The van der Waals surface area contributed by atoms with Gasteiger partial charge >= 0.3 is 0 Å². The minimum atomic E-state index is 0.661. The molecule has 1 aromatic heterocycles. The van der Waals surface area contributed by atoms with Crippen molar-refractivity contribution in [2.75, 3.05) is 0 Å². The molecule has 5 aromatic rings. The van der Waals surface area contributed by atoms with Crippen LogP contribution in [-0.4, -0.2) is 9.97 Å². The number of benzene rings is 4. The molecule has 0 amide bonds. The summed E-state index contributed by atoms with van der Waals surface area (Å²) in [5.41, 5.74) is 5.46. The van der Waals surface area contributed by atoms with Gasteiger partial charge in [-0.05, 0) is 35.0 Å². The highest BCUT2D eigenvalue weighted by Crippen LogP contribution is 2.33. The Morgan fingerprint density at radius 3 is 2.07 bits per heavy atom. The van der Waals surface area contributed by atoms with Crippen LogP contribution < -0.4 is 0 Å². The summed E-state index contributed by atoms with van der Waals surface area (Å²) in [5, 5.41) is 3.05. The van der Waals surface area contributed by atoms with E-state index in [0.717, 1.165) is 33.5 Å².